The molecule has 0 heterocycles. The van der Waals surface area contributed by atoms with Gasteiger partial charge in [0.25, 0.3) is 0 Å². The van der Waals surface area contributed by atoms with Crippen LogP contribution in [0.15, 0.2) is 30.3 Å². The van der Waals surface area contributed by atoms with Crippen LogP contribution in [-0.4, -0.2) is 0 Å². The van der Waals surface area contributed by atoms with Crippen molar-refractivity contribution in [2.24, 2.45) is 5.73 Å². The van der Waals surface area contributed by atoms with Gasteiger partial charge in [-0.2, -0.15) is 0 Å². The first-order chi connectivity index (χ1) is 9.38. The molecule has 0 saturated heterocycles. The summed E-state index contributed by atoms with van der Waals surface area (Å²) in [6.07, 6.45) is 0.762. The fourth-order valence-corrected chi connectivity index (χ4v) is 3.10. The van der Waals surface area contributed by atoms with Crippen molar-refractivity contribution in [1.82, 2.24) is 0 Å². The lowest BCUT2D eigenvalue weighted by Gasteiger charge is -2.18. The third-order valence-electron chi connectivity index (χ3n) is 3.62. The molecule has 3 heteroatoms. The number of aryl methyl sites for hydroxylation is 3. The third kappa shape index (κ3) is 3.35. The molecular formula is C17H19Cl2N. The smallest absolute Gasteiger partial charge is 0.0454 e. The molecule has 2 N–H and O–H groups in total. The van der Waals surface area contributed by atoms with Crippen LogP contribution in [0.3, 0.4) is 0 Å². The number of hydrogen-bond donors (Lipinski definition) is 1. The van der Waals surface area contributed by atoms with Crippen molar-refractivity contribution in [2.45, 2.75) is 33.2 Å². The average Bonchev–Trinajstić information content (AvgIpc) is 2.36. The van der Waals surface area contributed by atoms with Crippen LogP contribution >= 0.6 is 23.2 Å². The minimum atomic E-state index is -0.152. The van der Waals surface area contributed by atoms with Gasteiger partial charge in [-0.1, -0.05) is 40.9 Å². The van der Waals surface area contributed by atoms with Gasteiger partial charge < -0.3 is 5.73 Å². The van der Waals surface area contributed by atoms with E-state index in [1.807, 2.05) is 6.07 Å². The summed E-state index contributed by atoms with van der Waals surface area (Å²) in [4.78, 5) is 0. The molecule has 2 aromatic carbocycles. The number of rotatable bonds is 3. The van der Waals surface area contributed by atoms with Crippen molar-refractivity contribution in [3.63, 3.8) is 0 Å². The largest absolute Gasteiger partial charge is 0.324 e. The van der Waals surface area contributed by atoms with Gasteiger partial charge in [0.05, 0.1) is 0 Å². The van der Waals surface area contributed by atoms with Crippen molar-refractivity contribution in [2.75, 3.05) is 0 Å². The van der Waals surface area contributed by atoms with Crippen molar-refractivity contribution in [3.05, 3.63) is 68.2 Å². The van der Waals surface area contributed by atoms with Gasteiger partial charge >= 0.3 is 0 Å². The topological polar surface area (TPSA) is 26.0 Å². The van der Waals surface area contributed by atoms with E-state index in [0.29, 0.717) is 10.0 Å². The van der Waals surface area contributed by atoms with Gasteiger partial charge in [-0.25, -0.2) is 0 Å². The summed E-state index contributed by atoms with van der Waals surface area (Å²) in [6.45, 7) is 6.36. The lowest BCUT2D eigenvalue weighted by molar-refractivity contribution is 0.715. The summed E-state index contributed by atoms with van der Waals surface area (Å²) in [7, 11) is 0. The molecular weight excluding hydrogens is 289 g/mol. The number of benzene rings is 2. The minimum absolute atomic E-state index is 0.152. The fraction of sp³-hybridized carbons (Fsp3) is 0.294. The Kier molecular flexibility index (Phi) is 4.74. The van der Waals surface area contributed by atoms with Crippen LogP contribution in [0.1, 0.15) is 33.9 Å². The summed E-state index contributed by atoms with van der Waals surface area (Å²) < 4.78 is 0. The Morgan fingerprint density at radius 2 is 1.60 bits per heavy atom. The van der Waals surface area contributed by atoms with Crippen LogP contribution in [0.4, 0.5) is 0 Å². The lowest BCUT2D eigenvalue weighted by atomic mass is 9.92. The predicted molar refractivity (Wildman–Crippen MR) is 87.7 cm³/mol. The molecule has 2 rings (SSSR count). The summed E-state index contributed by atoms with van der Waals surface area (Å²) in [5.74, 6) is 0. The fourth-order valence-electron chi connectivity index (χ4n) is 2.66. The Labute approximate surface area is 130 Å². The Balaban J connectivity index is 2.32. The van der Waals surface area contributed by atoms with Gasteiger partial charge in [-0.05, 0) is 67.6 Å². The molecule has 1 unspecified atom stereocenters. The zero-order valence-corrected chi connectivity index (χ0v) is 13.5. The van der Waals surface area contributed by atoms with Crippen LogP contribution in [0.25, 0.3) is 0 Å². The van der Waals surface area contributed by atoms with Gasteiger partial charge in [-0.15, -0.1) is 0 Å². The Bertz CT molecular complexity index is 612. The van der Waals surface area contributed by atoms with E-state index in [1.54, 1.807) is 12.1 Å². The number of nitrogens with two attached hydrogens (primary N) is 1. The number of hydrogen-bond acceptors (Lipinski definition) is 1. The molecule has 0 aliphatic carbocycles. The highest BCUT2D eigenvalue weighted by molar-refractivity contribution is 6.33. The quantitative estimate of drug-likeness (QED) is 0.832. The molecule has 0 fully saturated rings. The molecule has 0 bridgehead atoms. The maximum absolute atomic E-state index is 6.33. The van der Waals surface area contributed by atoms with Crippen LogP contribution < -0.4 is 5.73 Å². The van der Waals surface area contributed by atoms with E-state index in [2.05, 4.69) is 32.9 Å². The summed E-state index contributed by atoms with van der Waals surface area (Å²) in [5.41, 5.74) is 12.3. The molecule has 0 spiro atoms. The second kappa shape index (κ2) is 6.17. The zero-order valence-electron chi connectivity index (χ0n) is 12.0. The van der Waals surface area contributed by atoms with E-state index >= 15 is 0 Å². The zero-order chi connectivity index (χ0) is 14.9. The van der Waals surface area contributed by atoms with Gasteiger partial charge in [0.1, 0.15) is 0 Å². The Morgan fingerprint density at radius 1 is 1.00 bits per heavy atom. The van der Waals surface area contributed by atoms with Crippen molar-refractivity contribution in [1.29, 1.82) is 0 Å². The van der Waals surface area contributed by atoms with Gasteiger partial charge in [0.15, 0.2) is 0 Å². The van der Waals surface area contributed by atoms with Crippen molar-refractivity contribution < 1.29 is 0 Å². The highest BCUT2D eigenvalue weighted by atomic mass is 35.5. The molecule has 20 heavy (non-hydrogen) atoms. The molecule has 0 saturated carbocycles. The molecule has 0 aliphatic rings. The van der Waals surface area contributed by atoms with E-state index in [0.717, 1.165) is 12.0 Å². The lowest BCUT2D eigenvalue weighted by Crippen LogP contribution is -2.15. The van der Waals surface area contributed by atoms with Crippen LogP contribution in [0.5, 0.6) is 0 Å². The Hall–Kier alpha value is -1.02. The first kappa shape index (κ1) is 15.4. The standard InChI is InChI=1S/C17H19Cl2N/c1-10-6-11(2)14(12(3)7-10)9-17(20)15-8-13(18)4-5-16(15)19/h4-8,17H,9,20H2,1-3H3. The highest BCUT2D eigenvalue weighted by Crippen LogP contribution is 2.29. The van der Waals surface area contributed by atoms with Gasteiger partial charge in [0.2, 0.25) is 0 Å². The maximum Gasteiger partial charge on any atom is 0.0454 e. The normalized spacial score (nSPS) is 12.5. The van der Waals surface area contributed by atoms with E-state index in [-0.39, 0.29) is 6.04 Å². The van der Waals surface area contributed by atoms with Crippen molar-refractivity contribution >= 4 is 23.2 Å². The highest BCUT2D eigenvalue weighted by Gasteiger charge is 2.14. The van der Waals surface area contributed by atoms with Gasteiger partial charge in [-0.3, -0.25) is 0 Å². The second-order valence-corrected chi connectivity index (χ2v) is 6.20. The molecule has 0 aliphatic heterocycles. The van der Waals surface area contributed by atoms with Gasteiger partial charge in [0, 0.05) is 16.1 Å². The molecule has 2 aromatic rings. The predicted octanol–water partition coefficient (Wildman–Crippen LogP) is 5.16. The first-order valence-electron chi connectivity index (χ1n) is 6.65. The summed E-state index contributed by atoms with van der Waals surface area (Å²) >= 11 is 12.3. The van der Waals surface area contributed by atoms with Crippen molar-refractivity contribution in [3.8, 4) is 0 Å². The molecule has 0 amide bonds. The summed E-state index contributed by atoms with van der Waals surface area (Å²) in [5, 5.41) is 1.33. The molecule has 1 atom stereocenters. The summed E-state index contributed by atoms with van der Waals surface area (Å²) in [6, 6.07) is 9.66. The van der Waals surface area contributed by atoms with E-state index in [9.17, 15) is 0 Å². The van der Waals surface area contributed by atoms with E-state index in [4.69, 9.17) is 28.9 Å². The van der Waals surface area contributed by atoms with Crippen LogP contribution in [0.2, 0.25) is 10.0 Å². The minimum Gasteiger partial charge on any atom is -0.324 e. The molecule has 106 valence electrons. The maximum atomic E-state index is 6.33. The second-order valence-electron chi connectivity index (χ2n) is 5.35. The molecule has 0 radical (unpaired) electrons. The first-order valence-corrected chi connectivity index (χ1v) is 7.41. The SMILES string of the molecule is Cc1cc(C)c(CC(N)c2cc(Cl)ccc2Cl)c(C)c1. The number of halogens is 2. The molecule has 0 aromatic heterocycles. The van der Waals surface area contributed by atoms with E-state index < -0.39 is 0 Å². The van der Waals surface area contributed by atoms with Crippen LogP contribution in [0, 0.1) is 20.8 Å². The van der Waals surface area contributed by atoms with E-state index in [1.165, 1.54) is 22.3 Å². The average molecular weight is 308 g/mol. The van der Waals surface area contributed by atoms with Crippen LogP contribution in [-0.2, 0) is 6.42 Å². The molecule has 1 nitrogen and oxygen atoms in total. The third-order valence-corrected chi connectivity index (χ3v) is 4.20. The monoisotopic (exact) mass is 307 g/mol. The Morgan fingerprint density at radius 3 is 2.20 bits per heavy atom.